The fraction of sp³-hybridized carbons (Fsp3) is 0.296. The van der Waals surface area contributed by atoms with Crippen LogP contribution < -0.4 is 21.1 Å². The van der Waals surface area contributed by atoms with Crippen LogP contribution in [0.15, 0.2) is 47.3 Å². The summed E-state index contributed by atoms with van der Waals surface area (Å²) < 4.78 is 31.2. The molecule has 1 aliphatic heterocycles. The van der Waals surface area contributed by atoms with E-state index in [1.165, 1.54) is 6.07 Å². The SMILES string of the molecule is CC(C)c1nc2c(N3CCC(NC(=O)O)C3)c(NC(=O)c3ccc(=O)n(-c4c(F)cccc4F)n3)ccc2n1C. The Labute approximate surface area is 227 Å². The predicted molar refractivity (Wildman–Crippen MR) is 144 cm³/mol. The summed E-state index contributed by atoms with van der Waals surface area (Å²) in [6.07, 6.45) is -0.563. The number of amides is 2. The maximum atomic E-state index is 14.4. The van der Waals surface area contributed by atoms with Crippen molar-refractivity contribution in [3.63, 3.8) is 0 Å². The fourth-order valence-electron chi connectivity index (χ4n) is 5.03. The molecule has 0 saturated carbocycles. The molecule has 3 heterocycles. The highest BCUT2D eigenvalue weighted by Gasteiger charge is 2.29. The highest BCUT2D eigenvalue weighted by atomic mass is 19.1. The molecule has 3 N–H and O–H groups in total. The molecule has 1 atom stereocenters. The van der Waals surface area contributed by atoms with Crippen molar-refractivity contribution in [3.8, 4) is 5.69 Å². The Morgan fingerprint density at radius 3 is 2.48 bits per heavy atom. The zero-order chi connectivity index (χ0) is 28.7. The molecule has 4 aromatic rings. The number of halogens is 2. The van der Waals surface area contributed by atoms with Gasteiger partial charge in [-0.1, -0.05) is 19.9 Å². The van der Waals surface area contributed by atoms with E-state index in [0.717, 1.165) is 35.6 Å². The number of carbonyl (C=O) groups excluding carboxylic acids is 1. The molecule has 0 radical (unpaired) electrons. The van der Waals surface area contributed by atoms with E-state index in [-0.39, 0.29) is 17.7 Å². The first-order valence-electron chi connectivity index (χ1n) is 12.6. The summed E-state index contributed by atoms with van der Waals surface area (Å²) in [6.45, 7) is 4.91. The third-order valence-electron chi connectivity index (χ3n) is 6.84. The minimum atomic E-state index is -1.12. The molecule has 2 aromatic heterocycles. The number of benzene rings is 2. The second-order valence-electron chi connectivity index (χ2n) is 9.89. The van der Waals surface area contributed by atoms with Crippen molar-refractivity contribution in [1.82, 2.24) is 24.6 Å². The molecule has 1 aliphatic rings. The van der Waals surface area contributed by atoms with Gasteiger partial charge in [0.05, 0.1) is 22.9 Å². The minimum absolute atomic E-state index is 0.118. The van der Waals surface area contributed by atoms with Crippen molar-refractivity contribution in [2.75, 3.05) is 23.3 Å². The Morgan fingerprint density at radius 1 is 1.07 bits per heavy atom. The number of carbonyl (C=O) groups is 2. The first-order valence-corrected chi connectivity index (χ1v) is 12.6. The van der Waals surface area contributed by atoms with Gasteiger partial charge < -0.3 is 25.2 Å². The van der Waals surface area contributed by atoms with E-state index in [1.54, 1.807) is 6.07 Å². The first kappa shape index (κ1) is 26.8. The fourth-order valence-corrected chi connectivity index (χ4v) is 5.03. The van der Waals surface area contributed by atoms with E-state index in [1.807, 2.05) is 36.4 Å². The number of aromatic nitrogens is 4. The van der Waals surface area contributed by atoms with Gasteiger partial charge in [0, 0.05) is 32.1 Å². The minimum Gasteiger partial charge on any atom is -0.465 e. The van der Waals surface area contributed by atoms with E-state index in [9.17, 15) is 28.3 Å². The second-order valence-corrected chi connectivity index (χ2v) is 9.89. The Hall–Kier alpha value is -4.81. The van der Waals surface area contributed by atoms with Gasteiger partial charge in [0.1, 0.15) is 22.7 Å². The number of fused-ring (bicyclic) bond motifs is 1. The van der Waals surface area contributed by atoms with Crippen LogP contribution in [0.25, 0.3) is 16.7 Å². The molecular weight excluding hydrogens is 524 g/mol. The summed E-state index contributed by atoms with van der Waals surface area (Å²) in [5, 5.41) is 18.4. The van der Waals surface area contributed by atoms with Gasteiger partial charge in [-0.05, 0) is 36.8 Å². The maximum absolute atomic E-state index is 14.4. The van der Waals surface area contributed by atoms with Crippen molar-refractivity contribution >= 4 is 34.4 Å². The number of nitrogens with zero attached hydrogens (tertiary/aromatic N) is 5. The number of imidazole rings is 1. The molecule has 5 rings (SSSR count). The van der Waals surface area contributed by atoms with Crippen LogP contribution in [0.3, 0.4) is 0 Å². The number of para-hydroxylation sites is 1. The molecule has 11 nitrogen and oxygen atoms in total. The molecule has 2 aromatic carbocycles. The molecule has 0 spiro atoms. The van der Waals surface area contributed by atoms with Crippen molar-refractivity contribution in [3.05, 3.63) is 76.0 Å². The van der Waals surface area contributed by atoms with Gasteiger partial charge in [0.25, 0.3) is 11.5 Å². The first-order chi connectivity index (χ1) is 19.0. The third kappa shape index (κ3) is 4.85. The zero-order valence-corrected chi connectivity index (χ0v) is 22.0. The Bertz CT molecular complexity index is 1680. The summed E-state index contributed by atoms with van der Waals surface area (Å²) >= 11 is 0. The third-order valence-corrected chi connectivity index (χ3v) is 6.84. The van der Waals surface area contributed by atoms with Gasteiger partial charge in [-0.2, -0.15) is 9.78 Å². The summed E-state index contributed by atoms with van der Waals surface area (Å²) in [5.41, 5.74) is 0.706. The molecule has 13 heteroatoms. The monoisotopic (exact) mass is 551 g/mol. The molecular formula is C27H27F2N7O4. The number of anilines is 2. The zero-order valence-electron chi connectivity index (χ0n) is 22.0. The second kappa shape index (κ2) is 10.4. The van der Waals surface area contributed by atoms with Crippen molar-refractivity contribution < 1.29 is 23.5 Å². The van der Waals surface area contributed by atoms with Gasteiger partial charge in [0.2, 0.25) is 0 Å². The number of hydrogen-bond acceptors (Lipinski definition) is 6. The van der Waals surface area contributed by atoms with Crippen molar-refractivity contribution in [2.45, 2.75) is 32.2 Å². The van der Waals surface area contributed by atoms with Gasteiger partial charge in [0.15, 0.2) is 11.6 Å². The van der Waals surface area contributed by atoms with E-state index >= 15 is 0 Å². The Balaban J connectivity index is 1.56. The quantitative estimate of drug-likeness (QED) is 0.333. The largest absolute Gasteiger partial charge is 0.465 e. The summed E-state index contributed by atoms with van der Waals surface area (Å²) in [4.78, 5) is 43.8. The van der Waals surface area contributed by atoms with Crippen LogP contribution in [-0.2, 0) is 7.05 Å². The standard InChI is InChI=1S/C27H27F2N7O4/c1-14(2)25-32-22-20(34(25)3)9-7-18(24(22)35-12-11-15(13-35)30-27(39)40)31-26(38)19-8-10-21(37)36(33-19)23-16(28)5-4-6-17(23)29/h4-10,14-15,30H,11-13H2,1-3H3,(H,31,38)(H,39,40). The van der Waals surface area contributed by atoms with E-state index in [4.69, 9.17) is 4.98 Å². The summed E-state index contributed by atoms with van der Waals surface area (Å²) in [6, 6.07) is 8.53. The molecule has 1 saturated heterocycles. The lowest BCUT2D eigenvalue weighted by molar-refractivity contribution is 0.102. The van der Waals surface area contributed by atoms with Crippen LogP contribution in [0.5, 0.6) is 0 Å². The van der Waals surface area contributed by atoms with E-state index in [2.05, 4.69) is 15.7 Å². The van der Waals surface area contributed by atoms with Gasteiger partial charge in [-0.15, -0.1) is 0 Å². The van der Waals surface area contributed by atoms with Gasteiger partial charge in [-0.25, -0.2) is 18.6 Å². The van der Waals surface area contributed by atoms with Crippen LogP contribution in [-0.4, -0.2) is 55.6 Å². The average molecular weight is 552 g/mol. The van der Waals surface area contributed by atoms with Crippen molar-refractivity contribution in [1.29, 1.82) is 0 Å². The normalized spacial score (nSPS) is 15.2. The van der Waals surface area contributed by atoms with Crippen LogP contribution >= 0.6 is 0 Å². The molecule has 0 bridgehead atoms. The Morgan fingerprint density at radius 2 is 1.80 bits per heavy atom. The molecule has 0 aliphatic carbocycles. The lowest BCUT2D eigenvalue weighted by Crippen LogP contribution is -2.36. The summed E-state index contributed by atoms with van der Waals surface area (Å²) in [5.74, 6) is -1.78. The van der Waals surface area contributed by atoms with Crippen molar-refractivity contribution in [2.24, 2.45) is 7.05 Å². The van der Waals surface area contributed by atoms with Crippen LogP contribution in [0, 0.1) is 11.6 Å². The lowest BCUT2D eigenvalue weighted by atomic mass is 10.2. The lowest BCUT2D eigenvalue weighted by Gasteiger charge is -2.23. The number of aryl methyl sites for hydroxylation is 1. The average Bonchev–Trinajstić information content (AvgIpc) is 3.48. The summed E-state index contributed by atoms with van der Waals surface area (Å²) in [7, 11) is 1.90. The molecule has 2 amide bonds. The number of hydrogen-bond donors (Lipinski definition) is 3. The van der Waals surface area contributed by atoms with Crippen LogP contribution in [0.1, 0.15) is 42.5 Å². The molecule has 1 fully saturated rings. The number of rotatable bonds is 6. The van der Waals surface area contributed by atoms with Crippen LogP contribution in [0.2, 0.25) is 0 Å². The van der Waals surface area contributed by atoms with Gasteiger partial charge >= 0.3 is 6.09 Å². The predicted octanol–water partition coefficient (Wildman–Crippen LogP) is 3.62. The van der Waals surface area contributed by atoms with E-state index in [0.29, 0.717) is 41.1 Å². The van der Waals surface area contributed by atoms with Crippen LogP contribution in [0.4, 0.5) is 25.0 Å². The maximum Gasteiger partial charge on any atom is 0.404 e. The Kier molecular flexibility index (Phi) is 6.96. The highest BCUT2D eigenvalue weighted by Crippen LogP contribution is 2.37. The van der Waals surface area contributed by atoms with Gasteiger partial charge in [-0.3, -0.25) is 9.59 Å². The molecule has 1 unspecified atom stereocenters. The van der Waals surface area contributed by atoms with E-state index < -0.39 is 34.9 Å². The topological polar surface area (TPSA) is 134 Å². The number of carboxylic acid groups (broad SMARTS) is 1. The molecule has 40 heavy (non-hydrogen) atoms. The number of nitrogens with one attached hydrogen (secondary N) is 2. The smallest absolute Gasteiger partial charge is 0.404 e. The highest BCUT2D eigenvalue weighted by molar-refractivity contribution is 6.08. The molecule has 208 valence electrons.